The van der Waals surface area contributed by atoms with Gasteiger partial charge < -0.3 is 15.7 Å². The molecule has 0 aromatic carbocycles. The van der Waals surface area contributed by atoms with Gasteiger partial charge in [-0.3, -0.25) is 4.79 Å². The van der Waals surface area contributed by atoms with Crippen molar-refractivity contribution in [3.8, 4) is 0 Å². The Morgan fingerprint density at radius 2 is 1.75 bits per heavy atom. The van der Waals surface area contributed by atoms with Gasteiger partial charge in [-0.1, -0.05) is 26.7 Å². The number of rotatable bonds is 9. The molecule has 5 nitrogen and oxygen atoms in total. The standard InChI is InChI=1S/C15H30N2O3/c1-11(2)7-6-8-12(3)16-14(20)17-15(4,5)10-9-13(18)19/h11-12H,6-10H2,1-5H3,(H,18,19)(H2,16,17,20). The molecule has 2 amide bonds. The summed E-state index contributed by atoms with van der Waals surface area (Å²) in [4.78, 5) is 22.4. The number of carboxylic acid groups (broad SMARTS) is 1. The van der Waals surface area contributed by atoms with Crippen molar-refractivity contribution in [2.75, 3.05) is 0 Å². The van der Waals surface area contributed by atoms with Gasteiger partial charge in [-0.25, -0.2) is 4.79 Å². The van der Waals surface area contributed by atoms with Gasteiger partial charge in [0.15, 0.2) is 0 Å². The predicted octanol–water partition coefficient (Wildman–Crippen LogP) is 3.14. The monoisotopic (exact) mass is 286 g/mol. The summed E-state index contributed by atoms with van der Waals surface area (Å²) in [6.07, 6.45) is 3.69. The van der Waals surface area contributed by atoms with Crippen molar-refractivity contribution in [2.45, 2.75) is 78.3 Å². The fourth-order valence-electron chi connectivity index (χ4n) is 1.95. The van der Waals surface area contributed by atoms with Crippen molar-refractivity contribution in [3.05, 3.63) is 0 Å². The SMILES string of the molecule is CC(C)CCCC(C)NC(=O)NC(C)(C)CCC(=O)O. The molecule has 0 aromatic heterocycles. The third-order valence-electron chi connectivity index (χ3n) is 3.21. The predicted molar refractivity (Wildman–Crippen MR) is 80.8 cm³/mol. The minimum Gasteiger partial charge on any atom is -0.481 e. The molecule has 3 N–H and O–H groups in total. The number of carboxylic acids is 1. The van der Waals surface area contributed by atoms with Crippen LogP contribution in [0.1, 0.15) is 66.7 Å². The van der Waals surface area contributed by atoms with E-state index in [1.165, 1.54) is 0 Å². The number of urea groups is 1. The first kappa shape index (κ1) is 18.7. The summed E-state index contributed by atoms with van der Waals surface area (Å²) in [6.45, 7) is 10.0. The van der Waals surface area contributed by atoms with Crippen molar-refractivity contribution in [1.29, 1.82) is 0 Å². The van der Waals surface area contributed by atoms with E-state index in [4.69, 9.17) is 5.11 Å². The molecule has 0 aliphatic carbocycles. The minimum atomic E-state index is -0.845. The first-order valence-electron chi connectivity index (χ1n) is 7.43. The highest BCUT2D eigenvalue weighted by Gasteiger charge is 2.22. The summed E-state index contributed by atoms with van der Waals surface area (Å²) in [6, 6.07) is -0.0959. The van der Waals surface area contributed by atoms with Gasteiger partial charge in [-0.15, -0.1) is 0 Å². The summed E-state index contributed by atoms with van der Waals surface area (Å²) in [5.74, 6) is -0.159. The van der Waals surface area contributed by atoms with Crippen LogP contribution in [-0.2, 0) is 4.79 Å². The summed E-state index contributed by atoms with van der Waals surface area (Å²) in [5, 5.41) is 14.4. The van der Waals surface area contributed by atoms with Crippen molar-refractivity contribution in [1.82, 2.24) is 10.6 Å². The summed E-state index contributed by atoms with van der Waals surface area (Å²) >= 11 is 0. The van der Waals surface area contributed by atoms with E-state index in [0.717, 1.165) is 19.3 Å². The van der Waals surface area contributed by atoms with Crippen LogP contribution in [0.5, 0.6) is 0 Å². The van der Waals surface area contributed by atoms with Crippen LogP contribution in [0.4, 0.5) is 4.79 Å². The maximum Gasteiger partial charge on any atom is 0.315 e. The molecule has 5 heteroatoms. The molecular weight excluding hydrogens is 256 g/mol. The highest BCUT2D eigenvalue weighted by molar-refractivity contribution is 5.75. The van der Waals surface area contributed by atoms with Gasteiger partial charge in [0.05, 0.1) is 0 Å². The Hall–Kier alpha value is -1.26. The minimum absolute atomic E-state index is 0.0528. The Morgan fingerprint density at radius 1 is 1.15 bits per heavy atom. The van der Waals surface area contributed by atoms with Crippen LogP contribution in [0.15, 0.2) is 0 Å². The lowest BCUT2D eigenvalue weighted by molar-refractivity contribution is -0.137. The Morgan fingerprint density at radius 3 is 2.25 bits per heavy atom. The molecule has 0 saturated heterocycles. The second-order valence-electron chi connectivity index (χ2n) is 6.60. The van der Waals surface area contributed by atoms with Gasteiger partial charge in [-0.05, 0) is 39.5 Å². The van der Waals surface area contributed by atoms with E-state index in [2.05, 4.69) is 24.5 Å². The van der Waals surface area contributed by atoms with E-state index in [1.54, 1.807) is 0 Å². The molecule has 1 atom stereocenters. The van der Waals surface area contributed by atoms with Crippen molar-refractivity contribution < 1.29 is 14.7 Å². The smallest absolute Gasteiger partial charge is 0.315 e. The van der Waals surface area contributed by atoms with E-state index in [1.807, 2.05) is 20.8 Å². The van der Waals surface area contributed by atoms with Crippen LogP contribution < -0.4 is 10.6 Å². The molecule has 1 unspecified atom stereocenters. The van der Waals surface area contributed by atoms with Gasteiger partial charge in [-0.2, -0.15) is 0 Å². The van der Waals surface area contributed by atoms with Crippen LogP contribution in [0, 0.1) is 5.92 Å². The number of amides is 2. The molecule has 0 heterocycles. The van der Waals surface area contributed by atoms with Crippen LogP contribution >= 0.6 is 0 Å². The van der Waals surface area contributed by atoms with E-state index < -0.39 is 11.5 Å². The molecule has 0 spiro atoms. The zero-order valence-electron chi connectivity index (χ0n) is 13.5. The number of carbonyl (C=O) groups is 2. The Kier molecular flexibility index (Phi) is 8.26. The number of hydrogen-bond donors (Lipinski definition) is 3. The summed E-state index contributed by atoms with van der Waals surface area (Å²) in [7, 11) is 0. The Labute approximate surface area is 122 Å². The molecule has 0 fully saturated rings. The Balaban J connectivity index is 3.98. The summed E-state index contributed by atoms with van der Waals surface area (Å²) in [5.41, 5.74) is -0.514. The molecule has 0 rings (SSSR count). The van der Waals surface area contributed by atoms with Gasteiger partial charge >= 0.3 is 12.0 Å². The third kappa shape index (κ3) is 10.6. The average molecular weight is 286 g/mol. The quantitative estimate of drug-likeness (QED) is 0.609. The number of hydrogen-bond acceptors (Lipinski definition) is 2. The first-order valence-corrected chi connectivity index (χ1v) is 7.43. The van der Waals surface area contributed by atoms with Crippen LogP contribution in [0.3, 0.4) is 0 Å². The van der Waals surface area contributed by atoms with E-state index in [9.17, 15) is 9.59 Å². The third-order valence-corrected chi connectivity index (χ3v) is 3.21. The molecular formula is C15H30N2O3. The molecule has 0 bridgehead atoms. The molecule has 0 aromatic rings. The number of nitrogens with one attached hydrogen (secondary N) is 2. The summed E-state index contributed by atoms with van der Waals surface area (Å²) < 4.78 is 0. The fourth-order valence-corrected chi connectivity index (χ4v) is 1.95. The maximum absolute atomic E-state index is 11.8. The van der Waals surface area contributed by atoms with Crippen molar-refractivity contribution in [3.63, 3.8) is 0 Å². The van der Waals surface area contributed by atoms with Crippen LogP contribution in [0.2, 0.25) is 0 Å². The second kappa shape index (κ2) is 8.82. The molecule has 0 aliphatic rings. The Bertz CT molecular complexity index is 314. The van der Waals surface area contributed by atoms with Gasteiger partial charge in [0.1, 0.15) is 0 Å². The zero-order valence-corrected chi connectivity index (χ0v) is 13.5. The van der Waals surface area contributed by atoms with Crippen molar-refractivity contribution in [2.24, 2.45) is 5.92 Å². The lowest BCUT2D eigenvalue weighted by atomic mass is 9.99. The van der Waals surface area contributed by atoms with E-state index in [-0.39, 0.29) is 18.5 Å². The molecule has 0 aliphatic heterocycles. The largest absolute Gasteiger partial charge is 0.481 e. The van der Waals surface area contributed by atoms with Gasteiger partial charge in [0, 0.05) is 18.0 Å². The average Bonchev–Trinajstić information content (AvgIpc) is 2.24. The molecule has 0 radical (unpaired) electrons. The first-order chi connectivity index (χ1) is 9.12. The van der Waals surface area contributed by atoms with E-state index >= 15 is 0 Å². The fraction of sp³-hybridized carbons (Fsp3) is 0.867. The van der Waals surface area contributed by atoms with Gasteiger partial charge in [0.25, 0.3) is 0 Å². The highest BCUT2D eigenvalue weighted by atomic mass is 16.4. The van der Waals surface area contributed by atoms with Crippen molar-refractivity contribution >= 4 is 12.0 Å². The normalized spacial score (nSPS) is 13.1. The van der Waals surface area contributed by atoms with E-state index in [0.29, 0.717) is 12.3 Å². The zero-order chi connectivity index (χ0) is 15.8. The number of carbonyl (C=O) groups excluding carboxylic acids is 1. The van der Waals surface area contributed by atoms with Gasteiger partial charge in [0.2, 0.25) is 0 Å². The lowest BCUT2D eigenvalue weighted by Crippen LogP contribution is -2.50. The maximum atomic E-state index is 11.8. The number of aliphatic carboxylic acids is 1. The molecule has 118 valence electrons. The second-order valence-corrected chi connectivity index (χ2v) is 6.60. The molecule has 0 saturated carbocycles. The topological polar surface area (TPSA) is 78.4 Å². The lowest BCUT2D eigenvalue weighted by Gasteiger charge is -2.27. The van der Waals surface area contributed by atoms with Crippen LogP contribution in [0.25, 0.3) is 0 Å². The van der Waals surface area contributed by atoms with Crippen LogP contribution in [-0.4, -0.2) is 28.7 Å². The molecule has 20 heavy (non-hydrogen) atoms. The highest BCUT2D eigenvalue weighted by Crippen LogP contribution is 2.11.